The van der Waals surface area contributed by atoms with Crippen LogP contribution in [-0.2, 0) is 13.2 Å². The first-order chi connectivity index (χ1) is 9.92. The van der Waals surface area contributed by atoms with Gasteiger partial charge in [0.05, 0.1) is 5.69 Å². The lowest BCUT2D eigenvalue weighted by atomic mass is 10.1. The first kappa shape index (κ1) is 16.0. The molecule has 0 saturated carbocycles. The molecule has 0 atom stereocenters. The molecular formula is C17H21BrN2O. The molecule has 4 heteroatoms. The molecule has 1 aromatic heterocycles. The van der Waals surface area contributed by atoms with Crippen LogP contribution in [0.1, 0.15) is 32.0 Å². The van der Waals surface area contributed by atoms with Crippen LogP contribution in [0, 0.1) is 0 Å². The Morgan fingerprint density at radius 1 is 1.14 bits per heavy atom. The summed E-state index contributed by atoms with van der Waals surface area (Å²) in [5.74, 6) is 0.846. The molecule has 0 aliphatic heterocycles. The van der Waals surface area contributed by atoms with E-state index < -0.39 is 0 Å². The Morgan fingerprint density at radius 2 is 1.86 bits per heavy atom. The van der Waals surface area contributed by atoms with E-state index in [0.717, 1.165) is 28.0 Å². The fourth-order valence-corrected chi connectivity index (χ4v) is 2.01. The summed E-state index contributed by atoms with van der Waals surface area (Å²) in [4.78, 5) is 4.36. The van der Waals surface area contributed by atoms with Crippen LogP contribution in [0.15, 0.2) is 47.1 Å². The van der Waals surface area contributed by atoms with E-state index in [1.807, 2.05) is 36.4 Å². The molecule has 1 N–H and O–H groups in total. The van der Waals surface area contributed by atoms with Crippen LogP contribution in [-0.4, -0.2) is 10.5 Å². The van der Waals surface area contributed by atoms with Gasteiger partial charge in [-0.3, -0.25) is 4.98 Å². The predicted octanol–water partition coefficient (Wildman–Crippen LogP) is 4.31. The molecule has 0 fully saturated rings. The van der Waals surface area contributed by atoms with Gasteiger partial charge in [0.1, 0.15) is 12.4 Å². The molecule has 2 aromatic rings. The lowest BCUT2D eigenvalue weighted by molar-refractivity contribution is 0.305. The molecule has 0 saturated heterocycles. The van der Waals surface area contributed by atoms with Crippen molar-refractivity contribution in [2.24, 2.45) is 0 Å². The number of nitrogens with one attached hydrogen (secondary N) is 1. The van der Waals surface area contributed by atoms with E-state index in [-0.39, 0.29) is 5.54 Å². The molecule has 2 rings (SSSR count). The van der Waals surface area contributed by atoms with Crippen molar-refractivity contribution in [2.75, 3.05) is 0 Å². The molecule has 3 nitrogen and oxygen atoms in total. The van der Waals surface area contributed by atoms with Gasteiger partial charge in [0.25, 0.3) is 0 Å². The van der Waals surface area contributed by atoms with Crippen molar-refractivity contribution in [3.8, 4) is 5.75 Å². The molecule has 0 bridgehead atoms. The zero-order valence-electron chi connectivity index (χ0n) is 12.7. The summed E-state index contributed by atoms with van der Waals surface area (Å²) >= 11 is 3.43. The van der Waals surface area contributed by atoms with Gasteiger partial charge < -0.3 is 10.1 Å². The van der Waals surface area contributed by atoms with Crippen molar-refractivity contribution in [3.63, 3.8) is 0 Å². The number of rotatable bonds is 5. The van der Waals surface area contributed by atoms with Crippen LogP contribution < -0.4 is 10.1 Å². The summed E-state index contributed by atoms with van der Waals surface area (Å²) in [7, 11) is 0. The summed E-state index contributed by atoms with van der Waals surface area (Å²) in [5, 5.41) is 3.42. The zero-order chi connectivity index (χ0) is 15.3. The van der Waals surface area contributed by atoms with Crippen molar-refractivity contribution in [3.05, 3.63) is 58.3 Å². The largest absolute Gasteiger partial charge is 0.489 e. The maximum absolute atomic E-state index is 5.82. The van der Waals surface area contributed by atoms with E-state index in [2.05, 4.69) is 47.0 Å². The average Bonchev–Trinajstić information content (AvgIpc) is 2.44. The lowest BCUT2D eigenvalue weighted by Gasteiger charge is -2.20. The summed E-state index contributed by atoms with van der Waals surface area (Å²) in [6.07, 6.45) is 1.79. The predicted molar refractivity (Wildman–Crippen MR) is 89.3 cm³/mol. The van der Waals surface area contributed by atoms with Crippen molar-refractivity contribution < 1.29 is 4.74 Å². The highest BCUT2D eigenvalue weighted by atomic mass is 79.9. The molecule has 1 aromatic carbocycles. The topological polar surface area (TPSA) is 34.1 Å². The third-order valence-electron chi connectivity index (χ3n) is 2.91. The Bertz CT molecular complexity index is 576. The van der Waals surface area contributed by atoms with Crippen molar-refractivity contribution in [2.45, 2.75) is 39.5 Å². The van der Waals surface area contributed by atoms with Gasteiger partial charge in [-0.25, -0.2) is 0 Å². The minimum atomic E-state index is 0.0793. The van der Waals surface area contributed by atoms with Crippen LogP contribution in [0.2, 0.25) is 0 Å². The molecular weight excluding hydrogens is 328 g/mol. The van der Waals surface area contributed by atoms with Gasteiger partial charge in [-0.1, -0.05) is 28.1 Å². The molecule has 0 unspecified atom stereocenters. The fourth-order valence-electron chi connectivity index (χ4n) is 1.75. The van der Waals surface area contributed by atoms with Gasteiger partial charge in [-0.05, 0) is 44.5 Å². The van der Waals surface area contributed by atoms with Crippen molar-refractivity contribution in [1.82, 2.24) is 10.3 Å². The van der Waals surface area contributed by atoms with Gasteiger partial charge >= 0.3 is 0 Å². The van der Waals surface area contributed by atoms with E-state index >= 15 is 0 Å². The number of ether oxygens (including phenoxy) is 1. The summed E-state index contributed by atoms with van der Waals surface area (Å²) in [6.45, 7) is 7.71. The van der Waals surface area contributed by atoms with Gasteiger partial charge in [-0.15, -0.1) is 0 Å². The number of aromatic nitrogens is 1. The third-order valence-corrected chi connectivity index (χ3v) is 3.44. The maximum atomic E-state index is 5.82. The molecule has 1 heterocycles. The second-order valence-corrected chi connectivity index (χ2v) is 6.92. The Hall–Kier alpha value is -1.39. The molecule has 0 spiro atoms. The molecule has 0 amide bonds. The third kappa shape index (κ3) is 5.86. The number of benzene rings is 1. The number of hydrogen-bond acceptors (Lipinski definition) is 3. The Kier molecular flexibility index (Phi) is 5.37. The zero-order valence-corrected chi connectivity index (χ0v) is 14.3. The smallest absolute Gasteiger partial charge is 0.123 e. The van der Waals surface area contributed by atoms with Crippen LogP contribution in [0.25, 0.3) is 0 Å². The Balaban J connectivity index is 1.93. The minimum Gasteiger partial charge on any atom is -0.489 e. The summed E-state index contributed by atoms with van der Waals surface area (Å²) in [5.41, 5.74) is 2.21. The first-order valence-electron chi connectivity index (χ1n) is 6.99. The van der Waals surface area contributed by atoms with E-state index in [1.54, 1.807) is 6.20 Å². The standard InChI is InChI=1S/C17H21BrN2O/c1-17(2,3)20-11-15-10-16(8-9-19-15)21-12-13-4-6-14(18)7-5-13/h4-10,20H,11-12H2,1-3H3. The van der Waals surface area contributed by atoms with Gasteiger partial charge in [0.2, 0.25) is 0 Å². The van der Waals surface area contributed by atoms with E-state index in [4.69, 9.17) is 4.74 Å². The van der Waals surface area contributed by atoms with E-state index in [0.29, 0.717) is 6.61 Å². The average molecular weight is 349 g/mol. The molecule has 0 aliphatic rings. The summed E-state index contributed by atoms with van der Waals surface area (Å²) < 4.78 is 6.90. The first-order valence-corrected chi connectivity index (χ1v) is 7.79. The van der Waals surface area contributed by atoms with Crippen LogP contribution in [0.5, 0.6) is 5.75 Å². The highest BCUT2D eigenvalue weighted by molar-refractivity contribution is 9.10. The van der Waals surface area contributed by atoms with E-state index in [9.17, 15) is 0 Å². The second-order valence-electron chi connectivity index (χ2n) is 6.00. The number of halogens is 1. The lowest BCUT2D eigenvalue weighted by Crippen LogP contribution is -2.35. The molecule has 21 heavy (non-hydrogen) atoms. The normalized spacial score (nSPS) is 11.4. The SMILES string of the molecule is CC(C)(C)NCc1cc(OCc2ccc(Br)cc2)ccn1. The maximum Gasteiger partial charge on any atom is 0.123 e. The van der Waals surface area contributed by atoms with E-state index in [1.165, 1.54) is 0 Å². The number of pyridine rings is 1. The number of nitrogens with zero attached hydrogens (tertiary/aromatic N) is 1. The van der Waals surface area contributed by atoms with Crippen LogP contribution in [0.4, 0.5) is 0 Å². The molecule has 112 valence electrons. The van der Waals surface area contributed by atoms with Gasteiger partial charge in [-0.2, -0.15) is 0 Å². The highest BCUT2D eigenvalue weighted by Gasteiger charge is 2.09. The molecule has 0 aliphatic carbocycles. The second kappa shape index (κ2) is 7.05. The quantitative estimate of drug-likeness (QED) is 0.873. The van der Waals surface area contributed by atoms with Crippen LogP contribution >= 0.6 is 15.9 Å². The van der Waals surface area contributed by atoms with Crippen molar-refractivity contribution in [1.29, 1.82) is 0 Å². The summed E-state index contributed by atoms with van der Waals surface area (Å²) in [6, 6.07) is 12.0. The highest BCUT2D eigenvalue weighted by Crippen LogP contribution is 2.16. The monoisotopic (exact) mass is 348 g/mol. The van der Waals surface area contributed by atoms with Gasteiger partial charge in [0.15, 0.2) is 0 Å². The molecule has 0 radical (unpaired) electrons. The Labute approximate surface area is 134 Å². The fraction of sp³-hybridized carbons (Fsp3) is 0.353. The van der Waals surface area contributed by atoms with Crippen molar-refractivity contribution >= 4 is 15.9 Å². The Morgan fingerprint density at radius 3 is 2.52 bits per heavy atom. The number of hydrogen-bond donors (Lipinski definition) is 1. The van der Waals surface area contributed by atoms with Crippen LogP contribution in [0.3, 0.4) is 0 Å². The van der Waals surface area contributed by atoms with Gasteiger partial charge in [0, 0.05) is 28.8 Å². The minimum absolute atomic E-state index is 0.0793.